The summed E-state index contributed by atoms with van der Waals surface area (Å²) in [6.45, 7) is 12.4. The monoisotopic (exact) mass is 391 g/mol. The van der Waals surface area contributed by atoms with Gasteiger partial charge in [-0.3, -0.25) is 9.78 Å². The van der Waals surface area contributed by atoms with Crippen LogP contribution in [0.2, 0.25) is 0 Å². The molecular formula is C25H33N3O. The molecule has 1 N–H and O–H groups in total. The number of pyridine rings is 2. The van der Waals surface area contributed by atoms with Crippen molar-refractivity contribution in [1.29, 1.82) is 0 Å². The van der Waals surface area contributed by atoms with Crippen LogP contribution in [-0.2, 0) is 4.79 Å². The van der Waals surface area contributed by atoms with Gasteiger partial charge in [0.2, 0.25) is 5.91 Å². The highest BCUT2D eigenvalue weighted by Crippen LogP contribution is 2.28. The van der Waals surface area contributed by atoms with E-state index >= 15 is 0 Å². The van der Waals surface area contributed by atoms with E-state index < -0.39 is 0 Å². The number of nitrogens with one attached hydrogen (secondary N) is 1. The lowest BCUT2D eigenvalue weighted by Gasteiger charge is -2.13. The molecule has 4 heteroatoms. The molecule has 2 aromatic heterocycles. The molecule has 0 bridgehead atoms. The van der Waals surface area contributed by atoms with Crippen LogP contribution >= 0.6 is 0 Å². The average molecular weight is 392 g/mol. The largest absolute Gasteiger partial charge is 0.311 e. The summed E-state index contributed by atoms with van der Waals surface area (Å²) in [4.78, 5) is 20.2. The molecule has 0 aliphatic heterocycles. The molecule has 2 heterocycles. The molecule has 2 rings (SSSR count). The summed E-state index contributed by atoms with van der Waals surface area (Å²) in [5, 5.41) is 3.66. The van der Waals surface area contributed by atoms with E-state index in [2.05, 4.69) is 68.1 Å². The van der Waals surface area contributed by atoms with Crippen LogP contribution < -0.4 is 5.32 Å². The second-order valence-corrected chi connectivity index (χ2v) is 7.46. The van der Waals surface area contributed by atoms with Crippen molar-refractivity contribution in [3.8, 4) is 0 Å². The zero-order chi connectivity index (χ0) is 21.4. The fourth-order valence-corrected chi connectivity index (χ4v) is 3.38. The van der Waals surface area contributed by atoms with E-state index in [9.17, 15) is 4.79 Å². The molecule has 0 aromatic carbocycles. The Morgan fingerprint density at radius 2 is 1.86 bits per heavy atom. The number of nitrogens with zero attached hydrogens (tertiary/aromatic N) is 2. The van der Waals surface area contributed by atoms with Crippen LogP contribution in [0, 0.1) is 0 Å². The van der Waals surface area contributed by atoms with Gasteiger partial charge in [-0.05, 0) is 62.8 Å². The van der Waals surface area contributed by atoms with Crippen molar-refractivity contribution >= 4 is 28.2 Å². The number of amides is 1. The van der Waals surface area contributed by atoms with Crippen molar-refractivity contribution in [2.45, 2.75) is 67.2 Å². The Labute approximate surface area is 174 Å². The zero-order valence-electron chi connectivity index (χ0n) is 18.6. The molecule has 1 amide bonds. The lowest BCUT2D eigenvalue weighted by atomic mass is 9.94. The minimum absolute atomic E-state index is 0.139. The Morgan fingerprint density at radius 3 is 2.48 bits per heavy atom. The van der Waals surface area contributed by atoms with Crippen molar-refractivity contribution in [2.75, 3.05) is 5.32 Å². The predicted molar refractivity (Wildman–Crippen MR) is 124 cm³/mol. The molecule has 0 saturated heterocycles. The number of hydrogen-bond donors (Lipinski definition) is 1. The lowest BCUT2D eigenvalue weighted by molar-refractivity contribution is -0.114. The SMILES string of the molecule is C\C=C(/C(C)=C\C(CCCC)=C(/C)CC)c1cnc2cc(NC(C)=O)ncc2c1. The van der Waals surface area contributed by atoms with Gasteiger partial charge in [0.05, 0.1) is 5.52 Å². The fourth-order valence-electron chi connectivity index (χ4n) is 3.38. The molecule has 0 atom stereocenters. The van der Waals surface area contributed by atoms with Gasteiger partial charge in [0.1, 0.15) is 5.82 Å². The maximum atomic E-state index is 11.2. The molecule has 0 unspecified atom stereocenters. The minimum atomic E-state index is -0.139. The van der Waals surface area contributed by atoms with Crippen molar-refractivity contribution in [2.24, 2.45) is 0 Å². The Balaban J connectivity index is 2.39. The number of fused-ring (bicyclic) bond motifs is 1. The molecule has 0 saturated carbocycles. The van der Waals surface area contributed by atoms with E-state index in [1.807, 2.05) is 6.20 Å². The van der Waals surface area contributed by atoms with Gasteiger partial charge in [-0.1, -0.05) is 38.0 Å². The van der Waals surface area contributed by atoms with Gasteiger partial charge in [0, 0.05) is 36.3 Å². The summed E-state index contributed by atoms with van der Waals surface area (Å²) in [5.74, 6) is 0.382. The van der Waals surface area contributed by atoms with Crippen molar-refractivity contribution in [3.05, 3.63) is 59.0 Å². The first-order valence-corrected chi connectivity index (χ1v) is 10.5. The van der Waals surface area contributed by atoms with Gasteiger partial charge in [-0.2, -0.15) is 0 Å². The summed E-state index contributed by atoms with van der Waals surface area (Å²) in [6.07, 6.45) is 12.8. The summed E-state index contributed by atoms with van der Waals surface area (Å²) >= 11 is 0. The normalized spacial score (nSPS) is 13.4. The van der Waals surface area contributed by atoms with Gasteiger partial charge in [-0.15, -0.1) is 0 Å². The van der Waals surface area contributed by atoms with Crippen molar-refractivity contribution in [1.82, 2.24) is 9.97 Å². The smallest absolute Gasteiger partial charge is 0.222 e. The van der Waals surface area contributed by atoms with Gasteiger partial charge >= 0.3 is 0 Å². The number of carbonyl (C=O) groups excluding carboxylic acids is 1. The third-order valence-electron chi connectivity index (χ3n) is 5.16. The zero-order valence-corrected chi connectivity index (χ0v) is 18.6. The first kappa shape index (κ1) is 22.5. The van der Waals surface area contributed by atoms with Crippen LogP contribution in [0.5, 0.6) is 0 Å². The Morgan fingerprint density at radius 1 is 1.10 bits per heavy atom. The maximum Gasteiger partial charge on any atom is 0.222 e. The quantitative estimate of drug-likeness (QED) is 0.500. The van der Waals surface area contributed by atoms with Gasteiger partial charge in [-0.25, -0.2) is 4.98 Å². The predicted octanol–water partition coefficient (Wildman–Crippen LogP) is 6.85. The first-order valence-electron chi connectivity index (χ1n) is 10.5. The number of hydrogen-bond acceptors (Lipinski definition) is 3. The Hall–Kier alpha value is -2.75. The average Bonchev–Trinajstić information content (AvgIpc) is 2.70. The highest BCUT2D eigenvalue weighted by atomic mass is 16.1. The second-order valence-electron chi connectivity index (χ2n) is 7.46. The Bertz CT molecular complexity index is 967. The van der Waals surface area contributed by atoms with E-state index in [-0.39, 0.29) is 5.91 Å². The van der Waals surface area contributed by atoms with E-state index in [1.165, 1.54) is 42.1 Å². The molecule has 0 radical (unpaired) electrons. The van der Waals surface area contributed by atoms with Crippen LogP contribution in [0.25, 0.3) is 16.5 Å². The van der Waals surface area contributed by atoms with Gasteiger partial charge in [0.15, 0.2) is 0 Å². The van der Waals surface area contributed by atoms with E-state index in [0.717, 1.165) is 29.3 Å². The third-order valence-corrected chi connectivity index (χ3v) is 5.16. The molecule has 29 heavy (non-hydrogen) atoms. The minimum Gasteiger partial charge on any atom is -0.311 e. The standard InChI is InChI=1S/C25H33N3O/c1-7-10-11-20(17(4)8-2)12-18(5)23(9-3)21-13-22-16-27-25(28-19(6)29)14-24(22)26-15-21/h9,12-16H,7-8,10-11H2,1-6H3,(H,27,28,29)/b18-12-,20-17+,23-9+. The maximum absolute atomic E-state index is 11.2. The third kappa shape index (κ3) is 6.11. The van der Waals surface area contributed by atoms with E-state index in [0.29, 0.717) is 5.82 Å². The molecule has 2 aromatic rings. The number of unbranched alkanes of at least 4 members (excludes halogenated alkanes) is 1. The number of aromatic nitrogens is 2. The fraction of sp³-hybridized carbons (Fsp3) is 0.400. The summed E-state index contributed by atoms with van der Waals surface area (Å²) in [5.41, 5.74) is 7.22. The van der Waals surface area contributed by atoms with Gasteiger partial charge < -0.3 is 5.32 Å². The van der Waals surface area contributed by atoms with Crippen molar-refractivity contribution < 1.29 is 4.79 Å². The second kappa shape index (κ2) is 10.7. The van der Waals surface area contributed by atoms with Crippen LogP contribution in [0.3, 0.4) is 0 Å². The van der Waals surface area contributed by atoms with Crippen LogP contribution in [-0.4, -0.2) is 15.9 Å². The number of rotatable bonds is 8. The van der Waals surface area contributed by atoms with E-state index in [4.69, 9.17) is 0 Å². The van der Waals surface area contributed by atoms with Crippen LogP contribution in [0.1, 0.15) is 72.8 Å². The topological polar surface area (TPSA) is 54.9 Å². The number of allylic oxidation sites excluding steroid dienone is 6. The van der Waals surface area contributed by atoms with Gasteiger partial charge in [0.25, 0.3) is 0 Å². The summed E-state index contributed by atoms with van der Waals surface area (Å²) in [7, 11) is 0. The number of anilines is 1. The van der Waals surface area contributed by atoms with E-state index in [1.54, 1.807) is 12.3 Å². The molecule has 0 fully saturated rings. The molecular weight excluding hydrogens is 358 g/mol. The lowest BCUT2D eigenvalue weighted by Crippen LogP contribution is -2.07. The van der Waals surface area contributed by atoms with Crippen molar-refractivity contribution in [3.63, 3.8) is 0 Å². The highest BCUT2D eigenvalue weighted by molar-refractivity contribution is 5.91. The molecule has 4 nitrogen and oxygen atoms in total. The first-order chi connectivity index (χ1) is 13.9. The summed E-state index contributed by atoms with van der Waals surface area (Å²) < 4.78 is 0. The molecule has 0 aliphatic carbocycles. The number of carbonyl (C=O) groups is 1. The highest BCUT2D eigenvalue weighted by Gasteiger charge is 2.09. The Kier molecular flexibility index (Phi) is 8.32. The molecule has 154 valence electrons. The molecule has 0 aliphatic rings. The summed E-state index contributed by atoms with van der Waals surface area (Å²) in [6, 6.07) is 3.91. The molecule has 0 spiro atoms. The van der Waals surface area contributed by atoms with Crippen LogP contribution in [0.4, 0.5) is 5.82 Å². The van der Waals surface area contributed by atoms with Crippen LogP contribution in [0.15, 0.2) is 53.4 Å².